The van der Waals surface area contributed by atoms with Gasteiger partial charge in [0.1, 0.15) is 29.9 Å². The molecule has 4 aromatic rings. The molecule has 0 bridgehead atoms. The Kier molecular flexibility index (Phi) is 11.4. The lowest BCUT2D eigenvalue weighted by Gasteiger charge is -2.49. The summed E-state index contributed by atoms with van der Waals surface area (Å²) in [6.07, 6.45) is 5.13. The fourth-order valence-electron chi connectivity index (χ4n) is 5.28. The molecule has 2 aliphatic rings. The largest absolute Gasteiger partial charge is 0.448 e. The number of pyridine rings is 1. The summed E-state index contributed by atoms with van der Waals surface area (Å²) < 4.78 is 6.24. The highest BCUT2D eigenvalue weighted by Gasteiger charge is 2.55. The van der Waals surface area contributed by atoms with E-state index < -0.39 is 35.3 Å². The second-order valence-corrected chi connectivity index (χ2v) is 13.6. The summed E-state index contributed by atoms with van der Waals surface area (Å²) in [6.45, 7) is 0. The van der Waals surface area contributed by atoms with Gasteiger partial charge >= 0.3 is 5.97 Å². The average molecular weight is 727 g/mol. The molecule has 2 aromatic heterocycles. The molecule has 1 saturated heterocycles. The number of aromatic nitrogens is 2. The Hall–Kier alpha value is -5.25. The van der Waals surface area contributed by atoms with Crippen molar-refractivity contribution in [1.29, 1.82) is 0 Å². The monoisotopic (exact) mass is 726 g/mol. The predicted molar refractivity (Wildman–Crippen MR) is 194 cm³/mol. The first kappa shape index (κ1) is 34.6. The van der Waals surface area contributed by atoms with E-state index in [0.29, 0.717) is 17.9 Å². The summed E-state index contributed by atoms with van der Waals surface area (Å²) in [5.74, 6) is -0.958. The number of hydrogen-bond donors (Lipinski definition) is 2. The van der Waals surface area contributed by atoms with Crippen LogP contribution in [0.3, 0.4) is 0 Å². The highest BCUT2D eigenvalue weighted by atomic mass is 32.2. The SMILES string of the molecule is CON=C(C(=O)NC1C(=O)N2C(C(=O)OC(c3ccccc3)c3ccccc3)=C(CS/C=C\c3cccnc3)CS[C@H]12)c1csc(NC=O)n1. The Morgan fingerprint density at radius 2 is 1.84 bits per heavy atom. The molecule has 0 saturated carbocycles. The first-order valence-corrected chi connectivity index (χ1v) is 18.2. The molecule has 2 atom stereocenters. The quantitative estimate of drug-likeness (QED) is 0.0607. The summed E-state index contributed by atoms with van der Waals surface area (Å²) in [5, 5.41) is 12.1. The number of fused-ring (bicyclic) bond motifs is 1. The summed E-state index contributed by atoms with van der Waals surface area (Å²) in [4.78, 5) is 66.9. The molecule has 2 aliphatic heterocycles. The topological polar surface area (TPSA) is 152 Å². The normalized spacial score (nSPS) is 17.3. The van der Waals surface area contributed by atoms with Crippen LogP contribution in [-0.2, 0) is 28.8 Å². The highest BCUT2D eigenvalue weighted by molar-refractivity contribution is 8.02. The third kappa shape index (κ3) is 7.80. The van der Waals surface area contributed by atoms with Crippen LogP contribution in [0.2, 0.25) is 0 Å². The van der Waals surface area contributed by atoms with Crippen molar-refractivity contribution in [3.05, 3.63) is 130 Å². The average Bonchev–Trinajstić information content (AvgIpc) is 3.62. The minimum absolute atomic E-state index is 0.161. The Balaban J connectivity index is 1.26. The number of amides is 3. The Labute approximate surface area is 300 Å². The van der Waals surface area contributed by atoms with Crippen molar-refractivity contribution in [2.45, 2.75) is 17.5 Å². The predicted octanol–water partition coefficient (Wildman–Crippen LogP) is 4.85. The van der Waals surface area contributed by atoms with Gasteiger partial charge < -0.3 is 20.2 Å². The van der Waals surface area contributed by atoms with Gasteiger partial charge in [-0.25, -0.2) is 9.78 Å². The van der Waals surface area contributed by atoms with Crippen LogP contribution in [0.15, 0.2) is 112 Å². The lowest BCUT2D eigenvalue weighted by molar-refractivity contribution is -0.154. The smallest absolute Gasteiger partial charge is 0.356 e. The molecular formula is C35H30N6O6S3. The van der Waals surface area contributed by atoms with Gasteiger partial charge in [-0.3, -0.25) is 24.3 Å². The van der Waals surface area contributed by atoms with E-state index in [4.69, 9.17) is 9.57 Å². The molecule has 2 aromatic carbocycles. The maximum absolute atomic E-state index is 14.2. The fourth-order valence-corrected chi connectivity index (χ4v) is 8.20. The molecule has 6 rings (SSSR count). The number of carbonyl (C=O) groups is 4. The molecule has 0 radical (unpaired) electrons. The number of oxime groups is 1. The molecule has 0 spiro atoms. The summed E-state index contributed by atoms with van der Waals surface area (Å²) in [7, 11) is 1.28. The van der Waals surface area contributed by atoms with E-state index in [1.807, 2.05) is 84.3 Å². The van der Waals surface area contributed by atoms with Crippen molar-refractivity contribution < 1.29 is 28.8 Å². The summed E-state index contributed by atoms with van der Waals surface area (Å²) >= 11 is 4.02. The Morgan fingerprint density at radius 3 is 2.50 bits per heavy atom. The van der Waals surface area contributed by atoms with Gasteiger partial charge in [0, 0.05) is 29.3 Å². The summed E-state index contributed by atoms with van der Waals surface area (Å²) in [6, 6.07) is 21.7. The minimum Gasteiger partial charge on any atom is -0.448 e. The van der Waals surface area contributed by atoms with E-state index in [1.54, 1.807) is 12.4 Å². The standard InChI is InChI=1S/C35H30N6O6S3/c1-46-40-27(26-20-50-35(38-26)37-21-42)31(43)39-28-32(44)41-29(25(19-49-33(28)41)18-48-16-14-22-9-8-15-36-17-22)34(45)47-30(23-10-4-2-5-11-23)24-12-6-3-7-13-24/h2-17,20-21,28,30,33H,18-19H2,1H3,(H,39,43)(H,37,38,42)/b16-14-,40-27?/t28?,33-/m1/s1. The molecule has 2 N–H and O–H groups in total. The van der Waals surface area contributed by atoms with Crippen LogP contribution in [0.1, 0.15) is 28.5 Å². The molecule has 254 valence electrons. The number of anilines is 1. The van der Waals surface area contributed by atoms with Gasteiger partial charge in [0.15, 0.2) is 16.9 Å². The van der Waals surface area contributed by atoms with E-state index in [-0.39, 0.29) is 22.2 Å². The van der Waals surface area contributed by atoms with Gasteiger partial charge in [-0.15, -0.1) is 34.9 Å². The number of carbonyl (C=O) groups excluding carboxylic acids is 4. The number of ether oxygens (including phenoxy) is 1. The molecule has 50 heavy (non-hydrogen) atoms. The number of hydrogen-bond acceptors (Lipinski definition) is 12. The second kappa shape index (κ2) is 16.4. The third-order valence-electron chi connectivity index (χ3n) is 7.58. The molecular weight excluding hydrogens is 697 g/mol. The van der Waals surface area contributed by atoms with Crippen LogP contribution < -0.4 is 10.6 Å². The molecule has 0 aliphatic carbocycles. The molecule has 15 heteroatoms. The molecule has 3 amide bonds. The Bertz CT molecular complexity index is 1900. The number of nitrogens with one attached hydrogen (secondary N) is 2. The first-order valence-electron chi connectivity index (χ1n) is 15.2. The molecule has 1 unspecified atom stereocenters. The molecule has 4 heterocycles. The molecule has 12 nitrogen and oxygen atoms in total. The van der Waals surface area contributed by atoms with Crippen molar-refractivity contribution in [1.82, 2.24) is 20.2 Å². The van der Waals surface area contributed by atoms with E-state index in [0.717, 1.165) is 33.6 Å². The van der Waals surface area contributed by atoms with Crippen LogP contribution in [0.4, 0.5) is 5.13 Å². The maximum Gasteiger partial charge on any atom is 0.356 e. The van der Waals surface area contributed by atoms with Gasteiger partial charge in [0.05, 0.1) is 0 Å². The van der Waals surface area contributed by atoms with Gasteiger partial charge in [0.2, 0.25) is 6.41 Å². The summed E-state index contributed by atoms with van der Waals surface area (Å²) in [5.41, 5.74) is 3.38. The zero-order chi connectivity index (χ0) is 34.9. The maximum atomic E-state index is 14.2. The van der Waals surface area contributed by atoms with Crippen molar-refractivity contribution in [3.63, 3.8) is 0 Å². The van der Waals surface area contributed by atoms with E-state index >= 15 is 0 Å². The third-order valence-corrected chi connectivity index (χ3v) is 10.5. The van der Waals surface area contributed by atoms with Crippen LogP contribution >= 0.6 is 34.9 Å². The number of thioether (sulfide) groups is 2. The zero-order valence-electron chi connectivity index (χ0n) is 26.5. The van der Waals surface area contributed by atoms with E-state index in [9.17, 15) is 19.2 Å². The van der Waals surface area contributed by atoms with Crippen molar-refractivity contribution in [2.75, 3.05) is 23.9 Å². The highest BCUT2D eigenvalue weighted by Crippen LogP contribution is 2.42. The second-order valence-electron chi connectivity index (χ2n) is 10.7. The van der Waals surface area contributed by atoms with Gasteiger partial charge in [-0.05, 0) is 39.8 Å². The number of thiazole rings is 1. The number of rotatable bonds is 14. The van der Waals surface area contributed by atoms with Gasteiger partial charge in [-0.1, -0.05) is 71.9 Å². The lowest BCUT2D eigenvalue weighted by Crippen LogP contribution is -2.71. The van der Waals surface area contributed by atoms with E-state index in [1.165, 1.54) is 40.9 Å². The number of esters is 1. The lowest BCUT2D eigenvalue weighted by atomic mass is 10.0. The zero-order valence-corrected chi connectivity index (χ0v) is 29.0. The van der Waals surface area contributed by atoms with Crippen molar-refractivity contribution >= 4 is 76.0 Å². The fraction of sp³-hybridized carbons (Fsp3) is 0.171. The van der Waals surface area contributed by atoms with Crippen LogP contribution in [-0.4, -0.2) is 74.8 Å². The van der Waals surface area contributed by atoms with Crippen molar-refractivity contribution in [2.24, 2.45) is 5.16 Å². The molecule has 1 fully saturated rings. The first-order chi connectivity index (χ1) is 24.5. The Morgan fingerprint density at radius 1 is 1.10 bits per heavy atom. The van der Waals surface area contributed by atoms with E-state index in [2.05, 4.69) is 25.8 Å². The van der Waals surface area contributed by atoms with Crippen molar-refractivity contribution in [3.8, 4) is 0 Å². The van der Waals surface area contributed by atoms with Gasteiger partial charge in [-0.2, -0.15) is 0 Å². The van der Waals surface area contributed by atoms with Crippen LogP contribution in [0, 0.1) is 0 Å². The number of nitrogens with zero attached hydrogens (tertiary/aromatic N) is 4. The van der Waals surface area contributed by atoms with Crippen LogP contribution in [0.25, 0.3) is 6.08 Å². The van der Waals surface area contributed by atoms with Crippen LogP contribution in [0.5, 0.6) is 0 Å². The number of β-lactam (4-membered cyclic amide) rings is 1. The van der Waals surface area contributed by atoms with Gasteiger partial charge in [0.25, 0.3) is 11.8 Å². The number of benzene rings is 2. The minimum atomic E-state index is -0.956.